The maximum absolute atomic E-state index is 11.3. The summed E-state index contributed by atoms with van der Waals surface area (Å²) in [6.45, 7) is 1.86. The van der Waals surface area contributed by atoms with Crippen molar-refractivity contribution in [3.8, 4) is 6.07 Å². The van der Waals surface area contributed by atoms with Crippen molar-refractivity contribution in [3.05, 3.63) is 0 Å². The van der Waals surface area contributed by atoms with Gasteiger partial charge in [0.25, 0.3) is 0 Å². The third kappa shape index (κ3) is 2.71. The van der Waals surface area contributed by atoms with Gasteiger partial charge in [-0.3, -0.25) is 4.79 Å². The van der Waals surface area contributed by atoms with E-state index in [0.29, 0.717) is 6.04 Å². The number of hydrogen-bond acceptors (Lipinski definition) is 3. The second kappa shape index (κ2) is 4.97. The molecule has 0 aromatic rings. The van der Waals surface area contributed by atoms with E-state index in [0.717, 1.165) is 19.5 Å². The van der Waals surface area contributed by atoms with E-state index in [4.69, 9.17) is 5.26 Å². The molecule has 1 saturated heterocycles. The third-order valence-electron chi connectivity index (χ3n) is 2.81. The van der Waals surface area contributed by atoms with Gasteiger partial charge in [-0.15, -0.1) is 0 Å². The molecule has 0 aromatic heterocycles. The molecule has 0 saturated carbocycles. The second-order valence-electron chi connectivity index (χ2n) is 3.89. The number of likely N-dealkylation sites (N-methyl/N-ethyl adjacent to an activating group) is 2. The highest BCUT2D eigenvalue weighted by Crippen LogP contribution is 2.15. The van der Waals surface area contributed by atoms with Crippen LogP contribution in [0.3, 0.4) is 0 Å². The summed E-state index contributed by atoms with van der Waals surface area (Å²) >= 11 is 0. The molecule has 0 bridgehead atoms. The topological polar surface area (TPSA) is 47.3 Å². The first-order valence-electron chi connectivity index (χ1n) is 4.96. The van der Waals surface area contributed by atoms with Crippen LogP contribution in [0.2, 0.25) is 0 Å². The summed E-state index contributed by atoms with van der Waals surface area (Å²) in [6, 6.07) is 2.35. The molecule has 1 rings (SSSR count). The number of carbonyl (C=O) groups is 1. The highest BCUT2D eigenvalue weighted by molar-refractivity contribution is 5.77. The number of carbonyl (C=O) groups excluding carboxylic acids is 1. The number of nitrogens with zero attached hydrogens (tertiary/aromatic N) is 3. The van der Waals surface area contributed by atoms with Crippen LogP contribution in [0.15, 0.2) is 0 Å². The Kier molecular flexibility index (Phi) is 3.90. The van der Waals surface area contributed by atoms with Crippen LogP contribution >= 0.6 is 0 Å². The van der Waals surface area contributed by atoms with Crippen LogP contribution in [0.25, 0.3) is 0 Å². The Morgan fingerprint density at radius 3 is 2.93 bits per heavy atom. The number of amides is 1. The summed E-state index contributed by atoms with van der Waals surface area (Å²) in [6.07, 6.45) is 2.36. The van der Waals surface area contributed by atoms with Crippen molar-refractivity contribution >= 4 is 5.91 Å². The Morgan fingerprint density at radius 2 is 2.43 bits per heavy atom. The van der Waals surface area contributed by atoms with Gasteiger partial charge in [-0.2, -0.15) is 5.26 Å². The number of nitriles is 1. The summed E-state index contributed by atoms with van der Waals surface area (Å²) < 4.78 is 0. The third-order valence-corrected chi connectivity index (χ3v) is 2.81. The fraction of sp³-hybridized carbons (Fsp3) is 0.800. The Labute approximate surface area is 85.1 Å². The molecule has 4 heteroatoms. The smallest absolute Gasteiger partial charge is 0.236 e. The van der Waals surface area contributed by atoms with Gasteiger partial charge in [0, 0.05) is 19.6 Å². The van der Waals surface area contributed by atoms with Gasteiger partial charge in [-0.05, 0) is 26.4 Å². The van der Waals surface area contributed by atoms with Crippen LogP contribution < -0.4 is 0 Å². The monoisotopic (exact) mass is 195 g/mol. The minimum Gasteiger partial charge on any atom is -0.343 e. The highest BCUT2D eigenvalue weighted by Gasteiger charge is 2.23. The molecule has 0 aliphatic carbocycles. The largest absolute Gasteiger partial charge is 0.343 e. The van der Waals surface area contributed by atoms with Gasteiger partial charge in [0.2, 0.25) is 5.91 Å². The summed E-state index contributed by atoms with van der Waals surface area (Å²) in [5.74, 6) is -0.0761. The first-order valence-corrected chi connectivity index (χ1v) is 4.96. The molecular weight excluding hydrogens is 178 g/mol. The fourth-order valence-electron chi connectivity index (χ4n) is 1.83. The lowest BCUT2D eigenvalue weighted by atomic mass is 10.2. The number of likely N-dealkylation sites (tertiary alicyclic amines) is 1. The van der Waals surface area contributed by atoms with Crippen molar-refractivity contribution in [2.24, 2.45) is 0 Å². The predicted octanol–water partition coefficient (Wildman–Crippen LogP) is 0.453. The van der Waals surface area contributed by atoms with Crippen molar-refractivity contribution in [2.75, 3.05) is 27.2 Å². The van der Waals surface area contributed by atoms with E-state index in [1.54, 1.807) is 11.9 Å². The lowest BCUT2D eigenvalue weighted by Gasteiger charge is -2.25. The molecule has 1 unspecified atom stereocenters. The van der Waals surface area contributed by atoms with Gasteiger partial charge >= 0.3 is 0 Å². The van der Waals surface area contributed by atoms with Crippen LogP contribution in [-0.2, 0) is 4.79 Å². The number of rotatable bonds is 3. The maximum Gasteiger partial charge on any atom is 0.236 e. The number of hydrogen-bond donors (Lipinski definition) is 0. The normalized spacial score (nSPS) is 21.9. The van der Waals surface area contributed by atoms with E-state index in [-0.39, 0.29) is 12.3 Å². The van der Waals surface area contributed by atoms with Gasteiger partial charge in [0.15, 0.2) is 0 Å². The molecule has 1 heterocycles. The highest BCUT2D eigenvalue weighted by atomic mass is 16.2. The Hall–Kier alpha value is -1.08. The summed E-state index contributed by atoms with van der Waals surface area (Å²) in [5.41, 5.74) is 0. The zero-order valence-electron chi connectivity index (χ0n) is 8.86. The minimum absolute atomic E-state index is 0.00701. The van der Waals surface area contributed by atoms with E-state index in [1.165, 1.54) is 6.42 Å². The molecule has 1 aliphatic heterocycles. The predicted molar refractivity (Wildman–Crippen MR) is 53.5 cm³/mol. The van der Waals surface area contributed by atoms with Gasteiger partial charge in [-0.1, -0.05) is 0 Å². The van der Waals surface area contributed by atoms with E-state index >= 15 is 0 Å². The van der Waals surface area contributed by atoms with Crippen molar-refractivity contribution in [2.45, 2.75) is 25.3 Å². The Balaban J connectivity index is 2.36. The molecule has 0 aromatic carbocycles. The van der Waals surface area contributed by atoms with Gasteiger partial charge in [0.1, 0.15) is 6.42 Å². The van der Waals surface area contributed by atoms with E-state index < -0.39 is 0 Å². The SMILES string of the molecule is CN(CC1CCCN1C)C(=O)CC#N. The summed E-state index contributed by atoms with van der Waals surface area (Å²) in [7, 11) is 3.85. The van der Waals surface area contributed by atoms with Gasteiger partial charge in [-0.25, -0.2) is 0 Å². The lowest BCUT2D eigenvalue weighted by Crippen LogP contribution is -2.39. The van der Waals surface area contributed by atoms with E-state index in [2.05, 4.69) is 11.9 Å². The van der Waals surface area contributed by atoms with Crippen LogP contribution in [0.1, 0.15) is 19.3 Å². The van der Waals surface area contributed by atoms with Gasteiger partial charge in [0.05, 0.1) is 6.07 Å². The van der Waals surface area contributed by atoms with E-state index in [9.17, 15) is 4.79 Å². The zero-order valence-corrected chi connectivity index (χ0v) is 8.86. The van der Waals surface area contributed by atoms with Crippen molar-refractivity contribution in [1.82, 2.24) is 9.80 Å². The van der Waals surface area contributed by atoms with Crippen LogP contribution in [0, 0.1) is 11.3 Å². The summed E-state index contributed by atoms with van der Waals surface area (Å²) in [5, 5.41) is 8.39. The van der Waals surface area contributed by atoms with Crippen LogP contribution in [0.4, 0.5) is 0 Å². The molecule has 1 fully saturated rings. The molecule has 0 spiro atoms. The van der Waals surface area contributed by atoms with Crippen LogP contribution in [-0.4, -0.2) is 48.9 Å². The fourth-order valence-corrected chi connectivity index (χ4v) is 1.83. The quantitative estimate of drug-likeness (QED) is 0.657. The molecule has 78 valence electrons. The first kappa shape index (κ1) is 11.0. The maximum atomic E-state index is 11.3. The standard InChI is InChI=1S/C10H17N3O/c1-12-7-3-4-9(12)8-13(2)10(14)5-6-11/h9H,3-5,7-8H2,1-2H3. The molecule has 1 aliphatic rings. The van der Waals surface area contributed by atoms with Crippen LogP contribution in [0.5, 0.6) is 0 Å². The van der Waals surface area contributed by atoms with Crippen molar-refractivity contribution in [3.63, 3.8) is 0 Å². The molecule has 14 heavy (non-hydrogen) atoms. The molecule has 0 N–H and O–H groups in total. The summed E-state index contributed by atoms with van der Waals surface area (Å²) in [4.78, 5) is 15.3. The molecule has 1 atom stereocenters. The van der Waals surface area contributed by atoms with Gasteiger partial charge < -0.3 is 9.80 Å². The molecule has 0 radical (unpaired) electrons. The van der Waals surface area contributed by atoms with E-state index in [1.807, 2.05) is 6.07 Å². The molecule has 1 amide bonds. The Morgan fingerprint density at radius 1 is 1.71 bits per heavy atom. The molecular formula is C10H17N3O. The molecule has 4 nitrogen and oxygen atoms in total. The zero-order chi connectivity index (χ0) is 10.6. The average Bonchev–Trinajstić information content (AvgIpc) is 2.52. The van der Waals surface area contributed by atoms with Crippen molar-refractivity contribution in [1.29, 1.82) is 5.26 Å². The Bertz CT molecular complexity index is 246. The second-order valence-corrected chi connectivity index (χ2v) is 3.89. The minimum atomic E-state index is -0.0761. The first-order chi connectivity index (χ1) is 6.65. The average molecular weight is 195 g/mol. The lowest BCUT2D eigenvalue weighted by molar-refractivity contribution is -0.129. The van der Waals surface area contributed by atoms with Crippen molar-refractivity contribution < 1.29 is 4.79 Å².